The second-order valence-electron chi connectivity index (χ2n) is 9.78. The summed E-state index contributed by atoms with van der Waals surface area (Å²) in [5.41, 5.74) is 0.534. The first-order valence-electron chi connectivity index (χ1n) is 12.7. The van der Waals surface area contributed by atoms with Crippen molar-refractivity contribution < 1.29 is 41.8 Å². The number of hydrogen-bond donors (Lipinski definition) is 3. The van der Waals surface area contributed by atoms with E-state index in [1.54, 1.807) is 36.5 Å². The highest BCUT2D eigenvalue weighted by Crippen LogP contribution is 2.29. The van der Waals surface area contributed by atoms with Gasteiger partial charge in [0.25, 0.3) is 0 Å². The van der Waals surface area contributed by atoms with E-state index in [9.17, 15) is 32.3 Å². The molecule has 0 unspecified atom stereocenters. The van der Waals surface area contributed by atoms with Crippen LogP contribution in [0.3, 0.4) is 0 Å². The summed E-state index contributed by atoms with van der Waals surface area (Å²) in [5, 5.41) is 6.70. The Morgan fingerprint density at radius 2 is 1.52 bits per heavy atom. The molecule has 3 rings (SSSR count). The first-order valence-corrected chi connectivity index (χ1v) is 12.7. The van der Waals surface area contributed by atoms with Gasteiger partial charge >= 0.3 is 12.1 Å². The molecule has 1 aliphatic rings. The van der Waals surface area contributed by atoms with Crippen molar-refractivity contribution >= 4 is 23.5 Å². The fourth-order valence-corrected chi connectivity index (χ4v) is 3.96. The number of alkyl halides is 3. The Morgan fingerprint density at radius 1 is 0.925 bits per heavy atom. The largest absolute Gasteiger partial charge is 0.497 e. The van der Waals surface area contributed by atoms with Gasteiger partial charge in [0.1, 0.15) is 23.4 Å². The SMILES string of the molecule is COc1ccc(C[C@H](NC(=O)[C@H](C)NC(=O)C(F)(F)F)C(=O)N[C@@H](CCc2ccccc2)C(=O)[C@@]2(C)CO2)cc1. The highest BCUT2D eigenvalue weighted by molar-refractivity contribution is 5.98. The molecule has 1 heterocycles. The molecule has 2 aromatic carbocycles. The third kappa shape index (κ3) is 8.54. The molecule has 12 heteroatoms. The van der Waals surface area contributed by atoms with Crippen molar-refractivity contribution in [3.8, 4) is 5.75 Å². The van der Waals surface area contributed by atoms with Gasteiger partial charge in [0.15, 0.2) is 5.78 Å². The number of Topliss-reactive ketones (excluding diaryl/α,β-unsaturated/α-hetero) is 1. The molecule has 4 atom stereocenters. The number of methoxy groups -OCH3 is 1. The monoisotopic (exact) mass is 563 g/mol. The molecule has 3 amide bonds. The third-order valence-electron chi connectivity index (χ3n) is 6.53. The number of nitrogens with one attached hydrogen (secondary N) is 3. The lowest BCUT2D eigenvalue weighted by Gasteiger charge is -2.25. The number of benzene rings is 2. The van der Waals surface area contributed by atoms with Gasteiger partial charge in [0.2, 0.25) is 11.8 Å². The second-order valence-corrected chi connectivity index (χ2v) is 9.78. The zero-order chi connectivity index (χ0) is 29.5. The van der Waals surface area contributed by atoms with Crippen LogP contribution in [0, 0.1) is 0 Å². The molecule has 1 aliphatic heterocycles. The normalized spacial score (nSPS) is 18.6. The van der Waals surface area contributed by atoms with Gasteiger partial charge in [-0.2, -0.15) is 13.2 Å². The summed E-state index contributed by atoms with van der Waals surface area (Å²) in [7, 11) is 1.48. The summed E-state index contributed by atoms with van der Waals surface area (Å²) in [6, 6.07) is 12.2. The van der Waals surface area contributed by atoms with Crippen LogP contribution in [0.25, 0.3) is 0 Å². The number of halogens is 3. The molecule has 9 nitrogen and oxygen atoms in total. The van der Waals surface area contributed by atoms with Crippen LogP contribution in [0.15, 0.2) is 54.6 Å². The molecule has 0 aliphatic carbocycles. The van der Waals surface area contributed by atoms with Gasteiger partial charge in [-0.05, 0) is 49.9 Å². The first-order chi connectivity index (χ1) is 18.8. The average molecular weight is 564 g/mol. The van der Waals surface area contributed by atoms with Crippen LogP contribution < -0.4 is 20.7 Å². The summed E-state index contributed by atoms with van der Waals surface area (Å²) in [6.45, 7) is 2.91. The van der Waals surface area contributed by atoms with Crippen LogP contribution in [0.2, 0.25) is 0 Å². The predicted molar refractivity (Wildman–Crippen MR) is 138 cm³/mol. The lowest BCUT2D eigenvalue weighted by molar-refractivity contribution is -0.174. The van der Waals surface area contributed by atoms with E-state index < -0.39 is 47.6 Å². The van der Waals surface area contributed by atoms with E-state index in [-0.39, 0.29) is 25.2 Å². The predicted octanol–water partition coefficient (Wildman–Crippen LogP) is 2.27. The average Bonchev–Trinajstić information content (AvgIpc) is 3.68. The van der Waals surface area contributed by atoms with Crippen molar-refractivity contribution in [2.45, 2.75) is 63.0 Å². The summed E-state index contributed by atoms with van der Waals surface area (Å²) in [4.78, 5) is 50.7. The fourth-order valence-electron chi connectivity index (χ4n) is 3.96. The number of carbonyl (C=O) groups excluding carboxylic acids is 4. The number of ether oxygens (including phenoxy) is 2. The molecule has 2 aromatic rings. The zero-order valence-corrected chi connectivity index (χ0v) is 22.3. The molecule has 3 N–H and O–H groups in total. The molecular weight excluding hydrogens is 531 g/mol. The Kier molecular flexibility index (Phi) is 9.91. The minimum Gasteiger partial charge on any atom is -0.497 e. The Balaban J connectivity index is 1.78. The van der Waals surface area contributed by atoms with Crippen molar-refractivity contribution in [2.75, 3.05) is 13.7 Å². The van der Waals surface area contributed by atoms with Crippen molar-refractivity contribution in [1.29, 1.82) is 0 Å². The maximum atomic E-state index is 13.5. The van der Waals surface area contributed by atoms with E-state index in [1.165, 1.54) is 7.11 Å². The van der Waals surface area contributed by atoms with E-state index in [1.807, 2.05) is 30.3 Å². The van der Waals surface area contributed by atoms with E-state index in [2.05, 4.69) is 10.6 Å². The molecule has 0 radical (unpaired) electrons. The van der Waals surface area contributed by atoms with Gasteiger partial charge in [-0.25, -0.2) is 0 Å². The molecule has 40 heavy (non-hydrogen) atoms. The smallest absolute Gasteiger partial charge is 0.471 e. The summed E-state index contributed by atoms with van der Waals surface area (Å²) >= 11 is 0. The van der Waals surface area contributed by atoms with Crippen molar-refractivity contribution in [3.63, 3.8) is 0 Å². The van der Waals surface area contributed by atoms with Crippen molar-refractivity contribution in [3.05, 3.63) is 65.7 Å². The van der Waals surface area contributed by atoms with E-state index >= 15 is 0 Å². The Bertz CT molecular complexity index is 1200. The van der Waals surface area contributed by atoms with Gasteiger partial charge in [0.05, 0.1) is 19.8 Å². The minimum atomic E-state index is -5.18. The molecule has 1 saturated heterocycles. The Morgan fingerprint density at radius 3 is 2.08 bits per heavy atom. The molecule has 1 fully saturated rings. The second kappa shape index (κ2) is 12.9. The quantitative estimate of drug-likeness (QED) is 0.321. The van der Waals surface area contributed by atoms with Crippen LogP contribution >= 0.6 is 0 Å². The lowest BCUT2D eigenvalue weighted by atomic mass is 9.94. The van der Waals surface area contributed by atoms with Crippen LogP contribution in [-0.4, -0.2) is 67.1 Å². The Hall–Kier alpha value is -3.93. The molecule has 0 spiro atoms. The fraction of sp³-hybridized carbons (Fsp3) is 0.429. The maximum absolute atomic E-state index is 13.5. The molecule has 0 bridgehead atoms. The van der Waals surface area contributed by atoms with Crippen molar-refractivity contribution in [2.24, 2.45) is 0 Å². The highest BCUT2D eigenvalue weighted by atomic mass is 19.4. The number of epoxide rings is 1. The molecule has 0 saturated carbocycles. The summed E-state index contributed by atoms with van der Waals surface area (Å²) in [5.74, 6) is -3.76. The van der Waals surface area contributed by atoms with E-state index in [4.69, 9.17) is 9.47 Å². The third-order valence-corrected chi connectivity index (χ3v) is 6.53. The standard InChI is InChI=1S/C28H32F3N3O6/c1-17(32-26(38)28(29,30)31)24(36)34-22(15-19-9-12-20(39-3)13-10-19)25(37)33-21(23(35)27(2)16-40-27)14-11-18-7-5-4-6-8-18/h4-10,12-13,17,21-22H,11,14-16H2,1-3H3,(H,32,38)(H,33,37)(H,34,36)/t17-,21-,22-,27+/m0/s1. The van der Waals surface area contributed by atoms with Gasteiger partial charge < -0.3 is 25.4 Å². The summed E-state index contributed by atoms with van der Waals surface area (Å²) in [6.07, 6.45) is -4.49. The number of carbonyl (C=O) groups is 4. The van der Waals surface area contributed by atoms with E-state index in [0.29, 0.717) is 17.7 Å². The Labute approximate surface area is 229 Å². The van der Waals surface area contributed by atoms with Crippen LogP contribution in [0.1, 0.15) is 31.4 Å². The molecule has 0 aromatic heterocycles. The van der Waals surface area contributed by atoms with Gasteiger partial charge in [-0.15, -0.1) is 0 Å². The number of amides is 3. The highest BCUT2D eigenvalue weighted by Gasteiger charge is 2.50. The summed E-state index contributed by atoms with van der Waals surface area (Å²) < 4.78 is 48.4. The minimum absolute atomic E-state index is 0.0468. The van der Waals surface area contributed by atoms with Gasteiger partial charge in [-0.3, -0.25) is 19.2 Å². The van der Waals surface area contributed by atoms with E-state index in [0.717, 1.165) is 12.5 Å². The molecular formula is C28H32F3N3O6. The zero-order valence-electron chi connectivity index (χ0n) is 22.3. The lowest BCUT2D eigenvalue weighted by Crippen LogP contribution is -2.57. The van der Waals surface area contributed by atoms with Crippen molar-refractivity contribution in [1.82, 2.24) is 16.0 Å². The van der Waals surface area contributed by atoms with Gasteiger partial charge in [0, 0.05) is 6.42 Å². The number of rotatable bonds is 13. The topological polar surface area (TPSA) is 126 Å². The number of hydrogen-bond acceptors (Lipinski definition) is 6. The molecule has 216 valence electrons. The van der Waals surface area contributed by atoms with Crippen LogP contribution in [0.4, 0.5) is 13.2 Å². The van der Waals surface area contributed by atoms with Gasteiger partial charge in [-0.1, -0.05) is 42.5 Å². The van der Waals surface area contributed by atoms with Crippen LogP contribution in [0.5, 0.6) is 5.75 Å². The first kappa shape index (κ1) is 30.6. The van der Waals surface area contributed by atoms with Crippen LogP contribution in [-0.2, 0) is 36.8 Å². The maximum Gasteiger partial charge on any atom is 0.471 e. The number of ketones is 1. The number of aryl methyl sites for hydroxylation is 1.